The molecule has 5 nitrogen and oxygen atoms in total. The van der Waals surface area contributed by atoms with Crippen LogP contribution in [-0.2, 0) is 18.5 Å². The molecule has 2 unspecified atom stereocenters. The zero-order valence-electron chi connectivity index (χ0n) is 18.8. The summed E-state index contributed by atoms with van der Waals surface area (Å²) in [5.74, 6) is 0.867. The van der Waals surface area contributed by atoms with E-state index >= 15 is 0 Å². The summed E-state index contributed by atoms with van der Waals surface area (Å²) < 4.78 is 0. The van der Waals surface area contributed by atoms with E-state index in [4.69, 9.17) is 4.98 Å². The molecule has 7 heteroatoms. The van der Waals surface area contributed by atoms with Crippen LogP contribution in [0.25, 0.3) is 0 Å². The number of hydrogen-bond donors (Lipinski definition) is 2. The number of halogens is 1. The van der Waals surface area contributed by atoms with Crippen molar-refractivity contribution in [2.45, 2.75) is 71.1 Å². The molecule has 1 aromatic carbocycles. The molecule has 1 aliphatic heterocycles. The highest BCUT2D eigenvalue weighted by atomic mass is 127. The fraction of sp³-hybridized carbons (Fsp3) is 0.565. The summed E-state index contributed by atoms with van der Waals surface area (Å²) in [5, 5.41) is 10.3. The zero-order valence-corrected chi connectivity index (χ0v) is 22.0. The van der Waals surface area contributed by atoms with Crippen LogP contribution in [0.15, 0.2) is 40.7 Å². The van der Waals surface area contributed by atoms with E-state index in [-0.39, 0.29) is 29.4 Å². The third kappa shape index (κ3) is 7.20. The van der Waals surface area contributed by atoms with E-state index in [0.717, 1.165) is 42.6 Å². The summed E-state index contributed by atoms with van der Waals surface area (Å²) in [6.45, 7) is 11.8. The van der Waals surface area contributed by atoms with Gasteiger partial charge in [0.15, 0.2) is 5.96 Å². The highest BCUT2D eigenvalue weighted by molar-refractivity contribution is 14.0. The molecule has 0 radical (unpaired) electrons. The van der Waals surface area contributed by atoms with Crippen molar-refractivity contribution in [3.05, 3.63) is 52.0 Å². The summed E-state index contributed by atoms with van der Waals surface area (Å²) in [6, 6.07) is 11.8. The standard InChI is InChI=1S/C23H35N5S.HI/c1-17-13-19(11-12-28(17)15-18-9-7-6-8-10-18)26-22(24-5)25-14-21-27-20(16-29-21)23(2,3)4;/h6-10,16-17,19H,11-15H2,1-5H3,(H2,24,25,26);1H. The largest absolute Gasteiger partial charge is 0.354 e. The first-order chi connectivity index (χ1) is 13.8. The van der Waals surface area contributed by atoms with E-state index in [1.54, 1.807) is 11.3 Å². The molecule has 166 valence electrons. The van der Waals surface area contributed by atoms with E-state index in [0.29, 0.717) is 18.6 Å². The molecule has 0 bridgehead atoms. The lowest BCUT2D eigenvalue weighted by molar-refractivity contribution is 0.134. The van der Waals surface area contributed by atoms with Crippen molar-refractivity contribution in [1.29, 1.82) is 0 Å². The topological polar surface area (TPSA) is 52.6 Å². The van der Waals surface area contributed by atoms with E-state index in [1.807, 2.05) is 7.05 Å². The molecule has 1 aromatic heterocycles. The van der Waals surface area contributed by atoms with Crippen molar-refractivity contribution in [2.75, 3.05) is 13.6 Å². The van der Waals surface area contributed by atoms with Gasteiger partial charge in [0.25, 0.3) is 0 Å². The van der Waals surface area contributed by atoms with Crippen molar-refractivity contribution < 1.29 is 0 Å². The first kappa shape index (κ1) is 25.1. The van der Waals surface area contributed by atoms with Gasteiger partial charge in [0, 0.05) is 43.0 Å². The number of rotatable bonds is 5. The van der Waals surface area contributed by atoms with Gasteiger partial charge in [0.2, 0.25) is 0 Å². The maximum Gasteiger partial charge on any atom is 0.191 e. The molecule has 0 saturated carbocycles. The van der Waals surface area contributed by atoms with Gasteiger partial charge in [-0.3, -0.25) is 9.89 Å². The normalized spacial score (nSPS) is 20.5. The Kier molecular flexibility index (Phi) is 9.56. The molecule has 3 rings (SSSR count). The minimum atomic E-state index is 0. The van der Waals surface area contributed by atoms with E-state index in [9.17, 15) is 0 Å². The van der Waals surface area contributed by atoms with E-state index < -0.39 is 0 Å². The number of guanidine groups is 1. The Bertz CT molecular complexity index is 799. The van der Waals surface area contributed by atoms with Crippen LogP contribution in [0.4, 0.5) is 0 Å². The third-order valence-corrected chi connectivity index (χ3v) is 6.38. The summed E-state index contributed by atoms with van der Waals surface area (Å²) in [5.41, 5.74) is 2.64. The molecule has 0 aliphatic carbocycles. The first-order valence-corrected chi connectivity index (χ1v) is 11.4. The predicted molar refractivity (Wildman–Crippen MR) is 139 cm³/mol. The van der Waals surface area contributed by atoms with E-state index in [1.165, 1.54) is 5.56 Å². The average molecular weight is 542 g/mol. The fourth-order valence-electron chi connectivity index (χ4n) is 3.69. The van der Waals surface area contributed by atoms with Gasteiger partial charge >= 0.3 is 0 Å². The van der Waals surface area contributed by atoms with Gasteiger partial charge in [-0.1, -0.05) is 51.1 Å². The summed E-state index contributed by atoms with van der Waals surface area (Å²) >= 11 is 1.71. The summed E-state index contributed by atoms with van der Waals surface area (Å²) in [6.07, 6.45) is 2.25. The van der Waals surface area contributed by atoms with Crippen molar-refractivity contribution >= 4 is 41.3 Å². The minimum Gasteiger partial charge on any atom is -0.354 e. The molecular weight excluding hydrogens is 505 g/mol. The Morgan fingerprint density at radius 3 is 2.60 bits per heavy atom. The quantitative estimate of drug-likeness (QED) is 0.325. The van der Waals surface area contributed by atoms with Gasteiger partial charge in [-0.2, -0.15) is 0 Å². The molecule has 2 N–H and O–H groups in total. The van der Waals surface area contributed by atoms with Crippen LogP contribution in [0.2, 0.25) is 0 Å². The Morgan fingerprint density at radius 1 is 1.27 bits per heavy atom. The number of nitrogens with one attached hydrogen (secondary N) is 2. The van der Waals surface area contributed by atoms with Gasteiger partial charge < -0.3 is 10.6 Å². The number of thiazole rings is 1. The van der Waals surface area contributed by atoms with Gasteiger partial charge in [0.1, 0.15) is 5.01 Å². The first-order valence-electron chi connectivity index (χ1n) is 10.5. The van der Waals surface area contributed by atoms with Crippen LogP contribution in [0.3, 0.4) is 0 Å². The fourth-order valence-corrected chi connectivity index (χ4v) is 4.65. The predicted octanol–water partition coefficient (Wildman–Crippen LogP) is 4.78. The van der Waals surface area contributed by atoms with Crippen LogP contribution in [0, 0.1) is 0 Å². The highest BCUT2D eigenvalue weighted by Gasteiger charge is 2.26. The minimum absolute atomic E-state index is 0. The molecule has 1 aliphatic rings. The maximum absolute atomic E-state index is 4.76. The van der Waals surface area contributed by atoms with Crippen molar-refractivity contribution in [1.82, 2.24) is 20.5 Å². The van der Waals surface area contributed by atoms with Gasteiger partial charge in [-0.15, -0.1) is 35.3 Å². The number of aromatic nitrogens is 1. The number of likely N-dealkylation sites (tertiary alicyclic amines) is 1. The van der Waals surface area contributed by atoms with Gasteiger partial charge in [-0.05, 0) is 25.3 Å². The van der Waals surface area contributed by atoms with Crippen molar-refractivity contribution in [3.8, 4) is 0 Å². The molecule has 0 spiro atoms. The van der Waals surface area contributed by atoms with Crippen LogP contribution >= 0.6 is 35.3 Å². The second kappa shape index (κ2) is 11.4. The maximum atomic E-state index is 4.76. The molecule has 2 aromatic rings. The molecular formula is C23H36IN5S. The number of benzene rings is 1. The molecule has 2 atom stereocenters. The highest BCUT2D eigenvalue weighted by Crippen LogP contribution is 2.24. The SMILES string of the molecule is CN=C(NCc1nc(C(C)(C)C)cs1)NC1CCN(Cc2ccccc2)C(C)C1.I. The zero-order chi connectivity index (χ0) is 20.9. The average Bonchev–Trinajstić information content (AvgIpc) is 3.17. The number of hydrogen-bond acceptors (Lipinski definition) is 4. The summed E-state index contributed by atoms with van der Waals surface area (Å²) in [4.78, 5) is 11.8. The smallest absolute Gasteiger partial charge is 0.191 e. The van der Waals surface area contributed by atoms with E-state index in [2.05, 4.69) is 83.9 Å². The Balaban J connectivity index is 0.00000320. The van der Waals surface area contributed by atoms with Crippen LogP contribution in [-0.4, -0.2) is 41.5 Å². The lowest BCUT2D eigenvalue weighted by atomic mass is 9.93. The second-order valence-electron chi connectivity index (χ2n) is 8.97. The Morgan fingerprint density at radius 2 is 2.00 bits per heavy atom. The van der Waals surface area contributed by atoms with Crippen LogP contribution < -0.4 is 10.6 Å². The van der Waals surface area contributed by atoms with Gasteiger partial charge in [-0.25, -0.2) is 4.98 Å². The summed E-state index contributed by atoms with van der Waals surface area (Å²) in [7, 11) is 1.84. The van der Waals surface area contributed by atoms with Crippen LogP contribution in [0.5, 0.6) is 0 Å². The number of aliphatic imine (C=N–C) groups is 1. The lowest BCUT2D eigenvalue weighted by Gasteiger charge is -2.38. The third-order valence-electron chi connectivity index (χ3n) is 5.53. The van der Waals surface area contributed by atoms with Crippen molar-refractivity contribution in [3.63, 3.8) is 0 Å². The Labute approximate surface area is 202 Å². The van der Waals surface area contributed by atoms with Gasteiger partial charge in [0.05, 0.1) is 12.2 Å². The molecule has 1 fully saturated rings. The molecule has 1 saturated heterocycles. The molecule has 30 heavy (non-hydrogen) atoms. The molecule has 2 heterocycles. The molecule has 0 amide bonds. The number of nitrogens with zero attached hydrogens (tertiary/aromatic N) is 3. The lowest BCUT2D eigenvalue weighted by Crippen LogP contribution is -2.51. The second-order valence-corrected chi connectivity index (χ2v) is 9.92. The number of piperidine rings is 1. The Hall–Kier alpha value is -1.19. The van der Waals surface area contributed by atoms with Crippen LogP contribution in [0.1, 0.15) is 56.8 Å². The monoisotopic (exact) mass is 541 g/mol. The van der Waals surface area contributed by atoms with Crippen molar-refractivity contribution in [2.24, 2.45) is 4.99 Å².